The average molecular weight is 1010 g/mol. The number of hydrogen-bond donors (Lipinski definition) is 5. The Hall–Kier alpha value is -7.84. The summed E-state index contributed by atoms with van der Waals surface area (Å²) in [5.41, 5.74) is 1.58. The summed E-state index contributed by atoms with van der Waals surface area (Å²) in [6.45, 7) is -1.46. The molecule has 0 saturated carbocycles. The highest BCUT2D eigenvalue weighted by Crippen LogP contribution is 2.44. The summed E-state index contributed by atoms with van der Waals surface area (Å²) in [6, 6.07) is 31.5. The van der Waals surface area contributed by atoms with Crippen LogP contribution in [0.4, 0.5) is 17.1 Å². The van der Waals surface area contributed by atoms with Crippen LogP contribution in [0, 0.1) is 0 Å². The first-order chi connectivity index (χ1) is 34.6. The van der Waals surface area contributed by atoms with E-state index < -0.39 is 67.8 Å². The van der Waals surface area contributed by atoms with Crippen molar-refractivity contribution in [1.29, 1.82) is 0 Å². The summed E-state index contributed by atoms with van der Waals surface area (Å²) < 4.78 is 58.6. The predicted octanol–water partition coefficient (Wildman–Crippen LogP) is 5.10. The summed E-state index contributed by atoms with van der Waals surface area (Å²) in [7, 11) is -6.91. The van der Waals surface area contributed by atoms with Gasteiger partial charge in [0.15, 0.2) is 42.8 Å². The number of sulfone groups is 2. The van der Waals surface area contributed by atoms with Gasteiger partial charge in [-0.05, 0) is 71.6 Å². The molecule has 0 aromatic heterocycles. The lowest BCUT2D eigenvalue weighted by Crippen LogP contribution is -2.28. The molecule has 5 N–H and O–H groups in total. The highest BCUT2D eigenvalue weighted by Gasteiger charge is 2.39. The first-order valence-corrected chi connectivity index (χ1v) is 26.3. The Bertz CT molecular complexity index is 3150. The van der Waals surface area contributed by atoms with Crippen LogP contribution in [0.5, 0.6) is 11.5 Å². The second-order valence-corrected chi connectivity index (χ2v) is 21.4. The maximum Gasteiger partial charge on any atom is 0.243 e. The molecule has 0 unspecified atom stereocenters. The normalized spacial score (nSPS) is 12.8. The van der Waals surface area contributed by atoms with Crippen LogP contribution >= 0.6 is 0 Å². The van der Waals surface area contributed by atoms with Crippen LogP contribution in [0.2, 0.25) is 0 Å². The Kier molecular flexibility index (Phi) is 15.2. The number of hydrogen-bond acceptors (Lipinski definition) is 15. The molecule has 370 valence electrons. The van der Waals surface area contributed by atoms with Gasteiger partial charge in [0.1, 0.15) is 24.7 Å². The fourth-order valence-corrected chi connectivity index (χ4v) is 10.1. The van der Waals surface area contributed by atoms with Crippen LogP contribution in [0.3, 0.4) is 0 Å². The van der Waals surface area contributed by atoms with E-state index in [0.717, 1.165) is 5.56 Å². The van der Waals surface area contributed by atoms with Crippen molar-refractivity contribution in [3.8, 4) is 22.6 Å². The molecule has 0 radical (unpaired) electrons. The molecule has 0 spiro atoms. The van der Waals surface area contributed by atoms with Gasteiger partial charge in [-0.15, -0.1) is 0 Å². The maximum atomic E-state index is 14.6. The molecule has 0 fully saturated rings. The molecular formula is C53H47N3O14S2. The second-order valence-electron chi connectivity index (χ2n) is 16.8. The highest BCUT2D eigenvalue weighted by atomic mass is 32.2. The van der Waals surface area contributed by atoms with Gasteiger partial charge in [-0.3, -0.25) is 28.8 Å². The summed E-state index contributed by atoms with van der Waals surface area (Å²) in [5, 5.41) is 26.4. The molecule has 17 nitrogen and oxygen atoms in total. The Morgan fingerprint density at radius 2 is 0.861 bits per heavy atom. The molecule has 0 bridgehead atoms. The number of fused-ring (bicyclic) bond motifs is 4. The van der Waals surface area contributed by atoms with Crippen LogP contribution in [0.1, 0.15) is 75.7 Å². The minimum atomic E-state index is -3.46. The molecule has 2 aliphatic rings. The van der Waals surface area contributed by atoms with Crippen molar-refractivity contribution >= 4 is 71.7 Å². The van der Waals surface area contributed by atoms with Crippen LogP contribution in [0.25, 0.3) is 11.1 Å². The smallest absolute Gasteiger partial charge is 0.243 e. The van der Waals surface area contributed by atoms with Crippen molar-refractivity contribution in [1.82, 2.24) is 0 Å². The first kappa shape index (κ1) is 50.5. The molecule has 0 atom stereocenters. The molecule has 0 heterocycles. The second kappa shape index (κ2) is 21.7. The van der Waals surface area contributed by atoms with Crippen molar-refractivity contribution in [3.05, 3.63) is 171 Å². The third-order valence-corrected chi connectivity index (χ3v) is 15.2. The van der Waals surface area contributed by atoms with Crippen molar-refractivity contribution in [2.75, 3.05) is 71.9 Å². The number of aryl methyl sites for hydroxylation is 1. The topological polar surface area (TPSA) is 266 Å². The van der Waals surface area contributed by atoms with Crippen LogP contribution in [-0.2, 0) is 35.7 Å². The Balaban J connectivity index is 1.05. The number of aliphatic hydroxyl groups excluding tert-OH is 2. The van der Waals surface area contributed by atoms with Gasteiger partial charge in [0.05, 0.1) is 65.3 Å². The summed E-state index contributed by atoms with van der Waals surface area (Å²) in [5.74, 6) is -3.75. The zero-order valence-corrected chi connectivity index (χ0v) is 40.1. The van der Waals surface area contributed by atoms with Gasteiger partial charge in [-0.1, -0.05) is 72.8 Å². The molecule has 2 aliphatic carbocycles. The number of amides is 2. The number of ketones is 4. The Labute approximate surface area is 414 Å². The van der Waals surface area contributed by atoms with E-state index in [1.807, 2.05) is 0 Å². The van der Waals surface area contributed by atoms with E-state index >= 15 is 0 Å². The van der Waals surface area contributed by atoms with Gasteiger partial charge in [-0.2, -0.15) is 0 Å². The number of nitrogens with one attached hydrogen (secondary N) is 3. The third kappa shape index (κ3) is 11.2. The standard InChI is InChI=1S/C53H47N3O14S2/c57-23-27-71(65,66)29-25-69-34-14-9-32(10-15-34)11-22-44(59)55-42-20-18-36(46-48(42)52(63)40-7-3-1-5-38(40)50(46)61)37-19-21-43(49-47(37)51(62)39-6-2-4-8-41(39)53(49)64)56-45(60)31-54-33-12-16-35(17-13-33)70-26-30-72(67,68)28-24-58/h1-10,12-21,54,57-58H,11,22-31H2,(H,55,59)(H,56,60). The largest absolute Gasteiger partial charge is 0.493 e. The number of rotatable bonds is 21. The van der Waals surface area contributed by atoms with E-state index in [1.165, 1.54) is 48.5 Å². The van der Waals surface area contributed by atoms with Gasteiger partial charge in [0, 0.05) is 45.5 Å². The minimum Gasteiger partial charge on any atom is -0.493 e. The van der Waals surface area contributed by atoms with Gasteiger partial charge < -0.3 is 35.6 Å². The molecule has 6 aromatic rings. The number of anilines is 3. The summed E-state index contributed by atoms with van der Waals surface area (Å²) >= 11 is 0. The number of ether oxygens (including phenoxy) is 2. The predicted molar refractivity (Wildman–Crippen MR) is 268 cm³/mol. The maximum absolute atomic E-state index is 14.6. The molecule has 19 heteroatoms. The molecule has 2 amide bonds. The van der Waals surface area contributed by atoms with Crippen molar-refractivity contribution in [2.24, 2.45) is 0 Å². The van der Waals surface area contributed by atoms with E-state index in [-0.39, 0.29) is 123 Å². The number of benzene rings is 6. The monoisotopic (exact) mass is 1010 g/mol. The zero-order valence-electron chi connectivity index (χ0n) is 38.4. The Morgan fingerprint density at radius 1 is 0.458 bits per heavy atom. The van der Waals surface area contributed by atoms with Crippen LogP contribution < -0.4 is 25.4 Å². The number of aliphatic hydroxyl groups is 2. The van der Waals surface area contributed by atoms with Gasteiger partial charge in [0.2, 0.25) is 11.8 Å². The lowest BCUT2D eigenvalue weighted by Gasteiger charge is -2.26. The molecule has 6 aromatic carbocycles. The summed E-state index contributed by atoms with van der Waals surface area (Å²) in [4.78, 5) is 85.3. The van der Waals surface area contributed by atoms with Crippen LogP contribution in [0.15, 0.2) is 121 Å². The third-order valence-electron chi connectivity index (χ3n) is 12.0. The molecule has 0 aliphatic heterocycles. The van der Waals surface area contributed by atoms with E-state index in [4.69, 9.17) is 19.7 Å². The fraction of sp³-hybridized carbons (Fsp3) is 0.208. The Morgan fingerprint density at radius 3 is 1.29 bits per heavy atom. The van der Waals surface area contributed by atoms with E-state index in [9.17, 15) is 45.6 Å². The quantitative estimate of drug-likeness (QED) is 0.0627. The minimum absolute atomic E-state index is 0.0191. The van der Waals surface area contributed by atoms with Gasteiger partial charge in [-0.25, -0.2) is 16.8 Å². The van der Waals surface area contributed by atoms with E-state index in [2.05, 4.69) is 16.0 Å². The van der Waals surface area contributed by atoms with E-state index in [1.54, 1.807) is 72.8 Å². The van der Waals surface area contributed by atoms with Gasteiger partial charge in [0.25, 0.3) is 0 Å². The first-order valence-electron chi connectivity index (χ1n) is 22.7. The lowest BCUT2D eigenvalue weighted by molar-refractivity contribution is -0.116. The highest BCUT2D eigenvalue weighted by molar-refractivity contribution is 7.91. The zero-order chi connectivity index (χ0) is 51.2. The van der Waals surface area contributed by atoms with E-state index in [0.29, 0.717) is 17.2 Å². The van der Waals surface area contributed by atoms with Crippen molar-refractivity contribution < 1.29 is 65.3 Å². The van der Waals surface area contributed by atoms with Crippen molar-refractivity contribution in [2.45, 2.75) is 12.8 Å². The fourth-order valence-electron chi connectivity index (χ4n) is 8.43. The molecular weight excluding hydrogens is 967 g/mol. The van der Waals surface area contributed by atoms with Crippen molar-refractivity contribution in [3.63, 3.8) is 0 Å². The molecule has 0 saturated heterocycles. The lowest BCUT2D eigenvalue weighted by atomic mass is 9.75. The number of carbonyl (C=O) groups is 6. The SMILES string of the molecule is O=C(CCc1ccc(OCCS(=O)(=O)CCO)cc1)Nc1ccc(-c2ccc(NC(=O)CNc3ccc(OCCS(=O)(=O)CCO)cc3)c3c2C(=O)c2ccccc2C3=O)c2c1C(=O)c1ccccc1C2=O. The molecule has 72 heavy (non-hydrogen) atoms. The average Bonchev–Trinajstić information content (AvgIpc) is 3.36. The van der Waals surface area contributed by atoms with Crippen LogP contribution in [-0.4, -0.2) is 118 Å². The van der Waals surface area contributed by atoms with Gasteiger partial charge >= 0.3 is 0 Å². The number of carbonyl (C=O) groups excluding carboxylic acids is 6. The summed E-state index contributed by atoms with van der Waals surface area (Å²) in [6.07, 6.45) is 0.231. The molecule has 8 rings (SSSR count).